The van der Waals surface area contributed by atoms with Gasteiger partial charge >= 0.3 is 12.1 Å². The number of urea groups is 2. The van der Waals surface area contributed by atoms with Gasteiger partial charge in [0.15, 0.2) is 0 Å². The number of rotatable bonds is 8. The molecule has 0 fully saturated rings. The Morgan fingerprint density at radius 3 is 1.42 bits per heavy atom. The fourth-order valence-corrected chi connectivity index (χ4v) is 1.90. The standard InChI is InChI=1S/C16H26N4O4/c1-3-11(9-21)17-15(23)19-13-5-7-14(8-6-13)20-16(24)18-12(4-2)10-22/h5-8,11-12,21-22H,3-4,9-10H2,1-2H3,(H2,17,19,23)(H2,18,20,24)/t11-,12-/m1/s1. The summed E-state index contributed by atoms with van der Waals surface area (Å²) in [5, 5.41) is 28.7. The molecule has 1 aromatic rings. The molecular weight excluding hydrogens is 312 g/mol. The largest absolute Gasteiger partial charge is 0.394 e. The zero-order chi connectivity index (χ0) is 17.9. The number of carbonyl (C=O) groups is 2. The van der Waals surface area contributed by atoms with Crippen molar-refractivity contribution < 1.29 is 19.8 Å². The first-order valence-corrected chi connectivity index (χ1v) is 7.99. The van der Waals surface area contributed by atoms with Crippen molar-refractivity contribution in [3.8, 4) is 0 Å². The Bertz CT molecular complexity index is 466. The molecule has 0 saturated heterocycles. The van der Waals surface area contributed by atoms with Crippen LogP contribution in [0.25, 0.3) is 0 Å². The van der Waals surface area contributed by atoms with Crippen LogP contribution in [0.3, 0.4) is 0 Å². The first-order chi connectivity index (χ1) is 11.5. The van der Waals surface area contributed by atoms with Crippen molar-refractivity contribution in [2.45, 2.75) is 38.8 Å². The number of amides is 4. The van der Waals surface area contributed by atoms with Crippen LogP contribution in [-0.2, 0) is 0 Å². The summed E-state index contributed by atoms with van der Waals surface area (Å²) < 4.78 is 0. The molecule has 0 unspecified atom stereocenters. The van der Waals surface area contributed by atoms with Gasteiger partial charge in [0, 0.05) is 11.4 Å². The molecule has 0 aromatic heterocycles. The molecule has 4 amide bonds. The highest BCUT2D eigenvalue weighted by Gasteiger charge is 2.10. The second-order valence-electron chi connectivity index (χ2n) is 5.35. The molecule has 1 aromatic carbocycles. The van der Waals surface area contributed by atoms with Gasteiger partial charge in [0.2, 0.25) is 0 Å². The molecule has 1 rings (SSSR count). The Labute approximate surface area is 141 Å². The molecule has 134 valence electrons. The summed E-state index contributed by atoms with van der Waals surface area (Å²) in [6.45, 7) is 3.50. The van der Waals surface area contributed by atoms with Crippen LogP contribution < -0.4 is 21.3 Å². The summed E-state index contributed by atoms with van der Waals surface area (Å²) >= 11 is 0. The molecule has 0 radical (unpaired) electrons. The molecule has 0 aliphatic heterocycles. The Morgan fingerprint density at radius 2 is 1.17 bits per heavy atom. The van der Waals surface area contributed by atoms with Crippen LogP contribution in [0.5, 0.6) is 0 Å². The van der Waals surface area contributed by atoms with Crippen molar-refractivity contribution in [1.29, 1.82) is 0 Å². The second-order valence-corrected chi connectivity index (χ2v) is 5.35. The fraction of sp³-hybridized carbons (Fsp3) is 0.500. The van der Waals surface area contributed by atoms with Gasteiger partial charge in [0.1, 0.15) is 0 Å². The third-order valence-corrected chi connectivity index (χ3v) is 3.50. The van der Waals surface area contributed by atoms with E-state index in [0.29, 0.717) is 24.2 Å². The Morgan fingerprint density at radius 1 is 0.833 bits per heavy atom. The van der Waals surface area contributed by atoms with Crippen LogP contribution in [0.4, 0.5) is 21.0 Å². The lowest BCUT2D eigenvalue weighted by atomic mass is 10.2. The van der Waals surface area contributed by atoms with E-state index in [4.69, 9.17) is 10.2 Å². The van der Waals surface area contributed by atoms with Crippen LogP contribution in [0.1, 0.15) is 26.7 Å². The summed E-state index contributed by atoms with van der Waals surface area (Å²) in [5.41, 5.74) is 1.13. The van der Waals surface area contributed by atoms with Gasteiger partial charge in [-0.2, -0.15) is 0 Å². The van der Waals surface area contributed by atoms with Gasteiger partial charge in [-0.25, -0.2) is 9.59 Å². The van der Waals surface area contributed by atoms with Gasteiger partial charge < -0.3 is 31.5 Å². The highest BCUT2D eigenvalue weighted by molar-refractivity contribution is 5.91. The maximum absolute atomic E-state index is 11.8. The lowest BCUT2D eigenvalue weighted by molar-refractivity contribution is 0.222. The number of anilines is 2. The van der Waals surface area contributed by atoms with E-state index < -0.39 is 12.1 Å². The molecule has 0 bridgehead atoms. The number of aliphatic hydroxyl groups excluding tert-OH is 2. The number of aliphatic hydroxyl groups is 2. The lowest BCUT2D eigenvalue weighted by Gasteiger charge is -2.16. The van der Waals surface area contributed by atoms with Crippen molar-refractivity contribution in [3.63, 3.8) is 0 Å². The maximum atomic E-state index is 11.8. The summed E-state index contributed by atoms with van der Waals surface area (Å²) in [7, 11) is 0. The van der Waals surface area contributed by atoms with Gasteiger partial charge in [-0.05, 0) is 37.1 Å². The number of carbonyl (C=O) groups excluding carboxylic acids is 2. The molecule has 0 saturated carbocycles. The molecule has 0 heterocycles. The minimum atomic E-state index is -0.400. The SMILES string of the molecule is CC[C@H](CO)NC(=O)Nc1ccc(NC(=O)N[C@H](CC)CO)cc1. The topological polar surface area (TPSA) is 123 Å². The van der Waals surface area contributed by atoms with Crippen molar-refractivity contribution in [1.82, 2.24) is 10.6 Å². The first kappa shape index (κ1) is 19.7. The van der Waals surface area contributed by atoms with Crippen LogP contribution >= 0.6 is 0 Å². The molecule has 6 N–H and O–H groups in total. The Kier molecular flexibility index (Phi) is 8.59. The van der Waals surface area contributed by atoms with Crippen molar-refractivity contribution in [2.24, 2.45) is 0 Å². The second kappa shape index (κ2) is 10.5. The van der Waals surface area contributed by atoms with Crippen LogP contribution in [-0.4, -0.2) is 47.6 Å². The molecule has 0 aliphatic rings. The molecular formula is C16H26N4O4. The average molecular weight is 338 g/mol. The van der Waals surface area contributed by atoms with Gasteiger partial charge in [0.25, 0.3) is 0 Å². The number of hydrogen-bond acceptors (Lipinski definition) is 4. The predicted molar refractivity (Wildman–Crippen MR) is 93.1 cm³/mol. The van der Waals surface area contributed by atoms with E-state index in [1.165, 1.54) is 0 Å². The van der Waals surface area contributed by atoms with Gasteiger partial charge in [-0.15, -0.1) is 0 Å². The summed E-state index contributed by atoms with van der Waals surface area (Å²) in [4.78, 5) is 23.5. The molecule has 8 nitrogen and oxygen atoms in total. The molecule has 8 heteroatoms. The first-order valence-electron chi connectivity index (χ1n) is 7.99. The predicted octanol–water partition coefficient (Wildman–Crippen LogP) is 1.47. The minimum absolute atomic E-state index is 0.117. The third kappa shape index (κ3) is 6.84. The quantitative estimate of drug-likeness (QED) is 0.430. The van der Waals surface area contributed by atoms with E-state index in [-0.39, 0.29) is 25.3 Å². The van der Waals surface area contributed by atoms with Crippen LogP contribution in [0.2, 0.25) is 0 Å². The summed E-state index contributed by atoms with van der Waals surface area (Å²) in [5.74, 6) is 0. The Hall–Kier alpha value is -2.32. The number of hydrogen-bond donors (Lipinski definition) is 6. The zero-order valence-electron chi connectivity index (χ0n) is 14.0. The highest BCUT2D eigenvalue weighted by Crippen LogP contribution is 2.13. The molecule has 0 spiro atoms. The van der Waals surface area contributed by atoms with Crippen molar-refractivity contribution in [2.75, 3.05) is 23.8 Å². The maximum Gasteiger partial charge on any atom is 0.319 e. The van der Waals surface area contributed by atoms with E-state index in [0.717, 1.165) is 0 Å². The Balaban J connectivity index is 2.50. The van der Waals surface area contributed by atoms with Gasteiger partial charge in [0.05, 0.1) is 25.3 Å². The lowest BCUT2D eigenvalue weighted by Crippen LogP contribution is -2.40. The fourth-order valence-electron chi connectivity index (χ4n) is 1.90. The summed E-state index contributed by atoms with van der Waals surface area (Å²) in [6, 6.07) is 5.24. The molecule has 24 heavy (non-hydrogen) atoms. The monoisotopic (exact) mass is 338 g/mol. The van der Waals surface area contributed by atoms with Crippen LogP contribution in [0, 0.1) is 0 Å². The van der Waals surface area contributed by atoms with Crippen LogP contribution in [0.15, 0.2) is 24.3 Å². The van der Waals surface area contributed by atoms with Gasteiger partial charge in [-0.3, -0.25) is 0 Å². The van der Waals surface area contributed by atoms with Crippen molar-refractivity contribution >= 4 is 23.4 Å². The zero-order valence-corrected chi connectivity index (χ0v) is 14.0. The number of nitrogens with one attached hydrogen (secondary N) is 4. The third-order valence-electron chi connectivity index (χ3n) is 3.50. The highest BCUT2D eigenvalue weighted by atomic mass is 16.3. The van der Waals surface area contributed by atoms with E-state index >= 15 is 0 Å². The van der Waals surface area contributed by atoms with E-state index in [9.17, 15) is 9.59 Å². The van der Waals surface area contributed by atoms with Crippen molar-refractivity contribution in [3.05, 3.63) is 24.3 Å². The smallest absolute Gasteiger partial charge is 0.319 e. The molecule has 0 aliphatic carbocycles. The number of benzene rings is 1. The molecule has 2 atom stereocenters. The van der Waals surface area contributed by atoms with Gasteiger partial charge in [-0.1, -0.05) is 13.8 Å². The van der Waals surface area contributed by atoms with E-state index in [1.54, 1.807) is 24.3 Å². The minimum Gasteiger partial charge on any atom is -0.394 e. The normalized spacial score (nSPS) is 12.8. The average Bonchev–Trinajstić information content (AvgIpc) is 2.59. The summed E-state index contributed by atoms with van der Waals surface area (Å²) in [6.07, 6.45) is 1.27. The van der Waals surface area contributed by atoms with E-state index in [1.807, 2.05) is 13.8 Å². The van der Waals surface area contributed by atoms with E-state index in [2.05, 4.69) is 21.3 Å².